The van der Waals surface area contributed by atoms with Gasteiger partial charge in [0.25, 0.3) is 0 Å². The number of thioether (sulfide) groups is 1. The monoisotopic (exact) mass is 502 g/mol. The highest BCUT2D eigenvalue weighted by atomic mass is 35.5. The van der Waals surface area contributed by atoms with Crippen molar-refractivity contribution in [2.24, 2.45) is 0 Å². The van der Waals surface area contributed by atoms with Crippen LogP contribution in [0.3, 0.4) is 0 Å². The van der Waals surface area contributed by atoms with Crippen molar-refractivity contribution in [3.05, 3.63) is 82.6 Å². The predicted molar refractivity (Wildman–Crippen MR) is 130 cm³/mol. The third-order valence-corrected chi connectivity index (χ3v) is 6.99. The van der Waals surface area contributed by atoms with Gasteiger partial charge in [-0.3, -0.25) is 0 Å². The second-order valence-corrected chi connectivity index (χ2v) is 9.41. The molecule has 0 bridgehead atoms. The molecule has 2 heterocycles. The highest BCUT2D eigenvalue weighted by Gasteiger charge is 2.44. The highest BCUT2D eigenvalue weighted by molar-refractivity contribution is 7.99. The summed E-state index contributed by atoms with van der Waals surface area (Å²) in [5.74, 6) is 1.13. The van der Waals surface area contributed by atoms with E-state index in [1.807, 2.05) is 37.3 Å². The zero-order valence-electron chi connectivity index (χ0n) is 18.6. The number of benzene rings is 2. The SMILES string of the molecule is CCOc1ccc(Cc2cc([C@@H]3O[C@H](CSc4ncccn4)[C@@H](O)[C@H](O)[C@H]3O)ccc2Cl)cc1. The molecule has 1 aliphatic heterocycles. The Labute approximate surface area is 207 Å². The Morgan fingerprint density at radius 3 is 2.44 bits per heavy atom. The van der Waals surface area contributed by atoms with E-state index in [0.717, 1.165) is 16.9 Å². The van der Waals surface area contributed by atoms with Gasteiger partial charge in [0, 0.05) is 23.2 Å². The van der Waals surface area contributed by atoms with Gasteiger partial charge in [0.2, 0.25) is 0 Å². The zero-order chi connectivity index (χ0) is 24.1. The van der Waals surface area contributed by atoms with Gasteiger partial charge in [-0.2, -0.15) is 0 Å². The third-order valence-electron chi connectivity index (χ3n) is 5.66. The van der Waals surface area contributed by atoms with E-state index in [1.54, 1.807) is 30.6 Å². The molecule has 1 aromatic heterocycles. The standard InChI is InChI=1S/C25H27ClN2O5S/c1-2-32-18-7-4-15(5-8-18)12-17-13-16(6-9-19(17)26)24-23(31)22(30)21(29)20(33-24)14-34-25-27-10-3-11-28-25/h3-11,13,20-24,29-31H,2,12,14H2,1H3/t20-,21-,22+,23-,24+/m1/s1. The first-order chi connectivity index (χ1) is 16.5. The summed E-state index contributed by atoms with van der Waals surface area (Å²) < 4.78 is 11.6. The lowest BCUT2D eigenvalue weighted by molar-refractivity contribution is -0.218. The van der Waals surface area contributed by atoms with Crippen molar-refractivity contribution < 1.29 is 24.8 Å². The Kier molecular flexibility index (Phi) is 8.41. The number of halogens is 1. The van der Waals surface area contributed by atoms with Crippen molar-refractivity contribution in [2.75, 3.05) is 12.4 Å². The molecule has 34 heavy (non-hydrogen) atoms. The maximum Gasteiger partial charge on any atom is 0.187 e. The van der Waals surface area contributed by atoms with Gasteiger partial charge in [-0.25, -0.2) is 9.97 Å². The van der Waals surface area contributed by atoms with Crippen molar-refractivity contribution in [3.63, 3.8) is 0 Å². The predicted octanol–water partition coefficient (Wildman–Crippen LogP) is 3.43. The van der Waals surface area contributed by atoms with Gasteiger partial charge in [0.15, 0.2) is 5.16 Å². The Hall–Kier alpha value is -2.20. The molecule has 0 saturated carbocycles. The fourth-order valence-corrected chi connectivity index (χ4v) is 4.92. The summed E-state index contributed by atoms with van der Waals surface area (Å²) in [4.78, 5) is 8.31. The van der Waals surface area contributed by atoms with Crippen LogP contribution in [-0.2, 0) is 11.2 Å². The van der Waals surface area contributed by atoms with E-state index in [9.17, 15) is 15.3 Å². The number of hydrogen-bond donors (Lipinski definition) is 3. The summed E-state index contributed by atoms with van der Waals surface area (Å²) in [6, 6.07) is 14.9. The third kappa shape index (κ3) is 5.89. The van der Waals surface area contributed by atoms with Crippen LogP contribution < -0.4 is 4.74 Å². The average molecular weight is 503 g/mol. The minimum atomic E-state index is -1.36. The molecule has 0 aliphatic carbocycles. The average Bonchev–Trinajstić information content (AvgIpc) is 2.86. The molecule has 4 rings (SSSR count). The maximum absolute atomic E-state index is 10.7. The molecule has 0 spiro atoms. The number of ether oxygens (including phenoxy) is 2. The van der Waals surface area contributed by atoms with Crippen molar-refractivity contribution in [3.8, 4) is 5.75 Å². The van der Waals surface area contributed by atoms with Crippen molar-refractivity contribution in [1.82, 2.24) is 9.97 Å². The largest absolute Gasteiger partial charge is 0.494 e. The molecule has 2 aromatic carbocycles. The molecule has 180 valence electrons. The number of aliphatic hydroxyl groups is 3. The van der Waals surface area contributed by atoms with Gasteiger partial charge >= 0.3 is 0 Å². The van der Waals surface area contributed by atoms with E-state index in [1.165, 1.54) is 11.8 Å². The van der Waals surface area contributed by atoms with Crippen LogP contribution in [0.1, 0.15) is 29.7 Å². The van der Waals surface area contributed by atoms with Crippen LogP contribution in [-0.4, -0.2) is 62.1 Å². The molecule has 1 fully saturated rings. The van der Waals surface area contributed by atoms with Gasteiger partial charge < -0.3 is 24.8 Å². The molecule has 1 saturated heterocycles. The lowest BCUT2D eigenvalue weighted by atomic mass is 9.90. The normalized spacial score (nSPS) is 24.7. The first kappa shape index (κ1) is 24.9. The number of aliphatic hydroxyl groups excluding tert-OH is 3. The molecule has 3 N–H and O–H groups in total. The van der Waals surface area contributed by atoms with Crippen molar-refractivity contribution in [1.29, 1.82) is 0 Å². The first-order valence-electron chi connectivity index (χ1n) is 11.1. The van der Waals surface area contributed by atoms with Gasteiger partial charge in [0.05, 0.1) is 12.7 Å². The Morgan fingerprint density at radius 1 is 1.00 bits per heavy atom. The van der Waals surface area contributed by atoms with Crippen LogP contribution >= 0.6 is 23.4 Å². The fraction of sp³-hybridized carbons (Fsp3) is 0.360. The Balaban J connectivity index is 1.51. The number of rotatable bonds is 8. The van der Waals surface area contributed by atoms with Crippen LogP contribution in [0.2, 0.25) is 5.02 Å². The highest BCUT2D eigenvalue weighted by Crippen LogP contribution is 2.36. The summed E-state index contributed by atoms with van der Waals surface area (Å²) in [6.45, 7) is 2.55. The summed E-state index contributed by atoms with van der Waals surface area (Å²) in [6.07, 6.45) is -1.58. The van der Waals surface area contributed by atoms with Gasteiger partial charge in [-0.1, -0.05) is 47.6 Å². The van der Waals surface area contributed by atoms with Crippen LogP contribution in [0.25, 0.3) is 0 Å². The molecule has 3 aromatic rings. The number of hydrogen-bond acceptors (Lipinski definition) is 8. The molecular weight excluding hydrogens is 476 g/mol. The summed E-state index contributed by atoms with van der Waals surface area (Å²) >= 11 is 7.78. The lowest BCUT2D eigenvalue weighted by Gasteiger charge is -2.41. The zero-order valence-corrected chi connectivity index (χ0v) is 20.2. The van der Waals surface area contributed by atoms with E-state index in [-0.39, 0.29) is 0 Å². The topological polar surface area (TPSA) is 105 Å². The first-order valence-corrected chi connectivity index (χ1v) is 12.4. The molecule has 9 heteroatoms. The number of aromatic nitrogens is 2. The van der Waals surface area contributed by atoms with Crippen molar-refractivity contribution >= 4 is 23.4 Å². The van der Waals surface area contributed by atoms with Gasteiger partial charge in [-0.05, 0) is 54.3 Å². The second kappa shape index (κ2) is 11.5. The summed E-state index contributed by atoms with van der Waals surface area (Å²) in [5.41, 5.74) is 2.60. The molecule has 5 atom stereocenters. The molecule has 7 nitrogen and oxygen atoms in total. The second-order valence-electron chi connectivity index (χ2n) is 8.01. The minimum absolute atomic E-state index is 0.318. The van der Waals surface area contributed by atoms with Gasteiger partial charge in [0.1, 0.15) is 30.2 Å². The maximum atomic E-state index is 10.7. The smallest absolute Gasteiger partial charge is 0.187 e. The molecule has 1 aliphatic rings. The van der Waals surface area contributed by atoms with E-state index < -0.39 is 30.5 Å². The Morgan fingerprint density at radius 2 is 1.74 bits per heavy atom. The molecule has 0 amide bonds. The van der Waals surface area contributed by atoms with Crippen LogP contribution in [0.15, 0.2) is 66.1 Å². The van der Waals surface area contributed by atoms with E-state index in [2.05, 4.69) is 9.97 Å². The van der Waals surface area contributed by atoms with Crippen LogP contribution in [0.4, 0.5) is 0 Å². The number of nitrogens with zero attached hydrogens (tertiary/aromatic N) is 2. The van der Waals surface area contributed by atoms with E-state index in [4.69, 9.17) is 21.1 Å². The summed E-state index contributed by atoms with van der Waals surface area (Å²) in [7, 11) is 0. The van der Waals surface area contributed by atoms with E-state index in [0.29, 0.717) is 34.5 Å². The van der Waals surface area contributed by atoms with Crippen LogP contribution in [0, 0.1) is 0 Å². The lowest BCUT2D eigenvalue weighted by Crippen LogP contribution is -2.54. The fourth-order valence-electron chi connectivity index (χ4n) is 3.88. The van der Waals surface area contributed by atoms with Crippen LogP contribution in [0.5, 0.6) is 5.75 Å². The molecular formula is C25H27ClN2O5S. The van der Waals surface area contributed by atoms with Crippen molar-refractivity contribution in [2.45, 2.75) is 49.0 Å². The minimum Gasteiger partial charge on any atom is -0.494 e. The molecule has 0 unspecified atom stereocenters. The summed E-state index contributed by atoms with van der Waals surface area (Å²) in [5, 5.41) is 32.8. The van der Waals surface area contributed by atoms with Gasteiger partial charge in [-0.15, -0.1) is 0 Å². The quantitative estimate of drug-likeness (QED) is 0.318. The molecule has 0 radical (unpaired) electrons. The van der Waals surface area contributed by atoms with E-state index >= 15 is 0 Å². The Bertz CT molecular complexity index is 1070.